The van der Waals surface area contributed by atoms with E-state index in [-0.39, 0.29) is 29.6 Å². The number of carbonyl (C=O) groups is 2. The zero-order valence-corrected chi connectivity index (χ0v) is 25.7. The highest BCUT2D eigenvalue weighted by Crippen LogP contribution is 2.33. The van der Waals surface area contributed by atoms with Crippen molar-refractivity contribution in [3.05, 3.63) is 88.4 Å². The van der Waals surface area contributed by atoms with E-state index < -0.39 is 28.5 Å². The molecule has 0 bridgehead atoms. The summed E-state index contributed by atoms with van der Waals surface area (Å²) in [7, 11) is -4.26. The van der Waals surface area contributed by atoms with E-state index in [0.29, 0.717) is 28.8 Å². The largest absolute Gasteiger partial charge is 0.492 e. The zero-order valence-electron chi connectivity index (χ0n) is 23.3. The number of rotatable bonds is 14. The standard InChI is InChI=1S/C30H35Cl2N3O5S/c1-4-19-33-30(37)26(5-2)34(20-22-11-13-23(31)14-12-22)29(36)21-35(27-9-7-8-10-28(27)40-6-3)41(38,39)25-17-15-24(32)16-18-25/h7-18,26H,4-6,19-21H2,1-3H3,(H,33,37)/t26-/m1/s1. The van der Waals surface area contributed by atoms with E-state index in [9.17, 15) is 18.0 Å². The summed E-state index contributed by atoms with van der Waals surface area (Å²) in [6.07, 6.45) is 1.06. The van der Waals surface area contributed by atoms with Crippen molar-refractivity contribution in [2.75, 3.05) is 24.0 Å². The van der Waals surface area contributed by atoms with Crippen molar-refractivity contribution in [3.8, 4) is 5.75 Å². The second kappa shape index (κ2) is 15.1. The number of sulfonamides is 1. The smallest absolute Gasteiger partial charge is 0.264 e. The summed E-state index contributed by atoms with van der Waals surface area (Å²) in [5, 5.41) is 3.78. The van der Waals surface area contributed by atoms with Crippen LogP contribution in [0.1, 0.15) is 39.2 Å². The van der Waals surface area contributed by atoms with Gasteiger partial charge in [0.25, 0.3) is 10.0 Å². The fourth-order valence-electron chi connectivity index (χ4n) is 4.26. The fourth-order valence-corrected chi connectivity index (χ4v) is 5.94. The lowest BCUT2D eigenvalue weighted by Crippen LogP contribution is -2.52. The van der Waals surface area contributed by atoms with Gasteiger partial charge < -0.3 is 15.0 Å². The molecule has 11 heteroatoms. The molecule has 220 valence electrons. The number of nitrogens with one attached hydrogen (secondary N) is 1. The molecule has 3 aromatic carbocycles. The van der Waals surface area contributed by atoms with Gasteiger partial charge in [0.2, 0.25) is 11.8 Å². The molecule has 0 heterocycles. The fraction of sp³-hybridized carbons (Fsp3) is 0.333. The van der Waals surface area contributed by atoms with Gasteiger partial charge in [-0.25, -0.2) is 8.42 Å². The molecule has 1 N–H and O–H groups in total. The normalized spacial score (nSPS) is 11.9. The van der Waals surface area contributed by atoms with Crippen LogP contribution >= 0.6 is 23.2 Å². The Bertz CT molecular complexity index is 1420. The first kappa shape index (κ1) is 32.2. The van der Waals surface area contributed by atoms with E-state index in [1.54, 1.807) is 55.5 Å². The van der Waals surface area contributed by atoms with E-state index in [1.165, 1.54) is 29.2 Å². The Morgan fingerprint density at radius 2 is 1.51 bits per heavy atom. The molecule has 0 fully saturated rings. The van der Waals surface area contributed by atoms with Crippen molar-refractivity contribution in [2.45, 2.75) is 51.1 Å². The van der Waals surface area contributed by atoms with Crippen LogP contribution in [-0.2, 0) is 26.2 Å². The Balaban J connectivity index is 2.09. The van der Waals surface area contributed by atoms with Crippen molar-refractivity contribution in [1.82, 2.24) is 10.2 Å². The predicted molar refractivity (Wildman–Crippen MR) is 163 cm³/mol. The van der Waals surface area contributed by atoms with Crippen molar-refractivity contribution in [1.29, 1.82) is 0 Å². The summed E-state index contributed by atoms with van der Waals surface area (Å²) < 4.78 is 34.8. The zero-order chi connectivity index (χ0) is 30.0. The van der Waals surface area contributed by atoms with Gasteiger partial charge in [0.15, 0.2) is 0 Å². The Morgan fingerprint density at radius 3 is 2.10 bits per heavy atom. The van der Waals surface area contributed by atoms with Gasteiger partial charge in [-0.2, -0.15) is 0 Å². The van der Waals surface area contributed by atoms with E-state index >= 15 is 0 Å². The Labute approximate surface area is 252 Å². The van der Waals surface area contributed by atoms with Crippen LogP contribution in [0.5, 0.6) is 5.75 Å². The van der Waals surface area contributed by atoms with Gasteiger partial charge in [0.1, 0.15) is 18.3 Å². The van der Waals surface area contributed by atoms with Crippen LogP contribution in [0.3, 0.4) is 0 Å². The summed E-state index contributed by atoms with van der Waals surface area (Å²) in [4.78, 5) is 28.7. The molecule has 0 aliphatic carbocycles. The molecule has 8 nitrogen and oxygen atoms in total. The molecule has 0 saturated carbocycles. The Kier molecular flexibility index (Phi) is 11.9. The monoisotopic (exact) mass is 619 g/mol. The van der Waals surface area contributed by atoms with Gasteiger partial charge in [0, 0.05) is 23.1 Å². The second-order valence-corrected chi connectivity index (χ2v) is 12.0. The summed E-state index contributed by atoms with van der Waals surface area (Å²) in [6.45, 7) is 5.79. The van der Waals surface area contributed by atoms with Gasteiger partial charge in [0.05, 0.1) is 17.2 Å². The van der Waals surface area contributed by atoms with Crippen LogP contribution in [0.15, 0.2) is 77.7 Å². The van der Waals surface area contributed by atoms with Gasteiger partial charge in [-0.05, 0) is 73.9 Å². The molecular weight excluding hydrogens is 585 g/mol. The number of nitrogens with zero attached hydrogens (tertiary/aromatic N) is 2. The number of hydrogen-bond donors (Lipinski definition) is 1. The highest BCUT2D eigenvalue weighted by atomic mass is 35.5. The van der Waals surface area contributed by atoms with Crippen LogP contribution in [-0.4, -0.2) is 50.9 Å². The number of carbonyl (C=O) groups excluding carboxylic acids is 2. The number of para-hydroxylation sites is 2. The minimum Gasteiger partial charge on any atom is -0.492 e. The second-order valence-electron chi connectivity index (χ2n) is 9.23. The highest BCUT2D eigenvalue weighted by molar-refractivity contribution is 7.92. The number of hydrogen-bond acceptors (Lipinski definition) is 5. The summed E-state index contributed by atoms with van der Waals surface area (Å²) in [6, 6.07) is 18.5. The number of amides is 2. The van der Waals surface area contributed by atoms with Crippen LogP contribution in [0.25, 0.3) is 0 Å². The van der Waals surface area contributed by atoms with Crippen LogP contribution in [0.4, 0.5) is 5.69 Å². The van der Waals surface area contributed by atoms with E-state index in [0.717, 1.165) is 16.3 Å². The molecular formula is C30H35Cl2N3O5S. The molecule has 3 aromatic rings. The Morgan fingerprint density at radius 1 is 0.902 bits per heavy atom. The van der Waals surface area contributed by atoms with E-state index in [4.69, 9.17) is 27.9 Å². The molecule has 0 spiro atoms. The van der Waals surface area contributed by atoms with Crippen LogP contribution in [0.2, 0.25) is 10.0 Å². The molecule has 1 atom stereocenters. The maximum atomic E-state index is 14.1. The van der Waals surface area contributed by atoms with E-state index in [2.05, 4.69) is 5.32 Å². The first-order valence-electron chi connectivity index (χ1n) is 13.4. The van der Waals surface area contributed by atoms with Crippen molar-refractivity contribution in [2.24, 2.45) is 0 Å². The average molecular weight is 621 g/mol. The summed E-state index contributed by atoms with van der Waals surface area (Å²) in [5.41, 5.74) is 0.943. The summed E-state index contributed by atoms with van der Waals surface area (Å²) in [5.74, 6) is -0.557. The lowest BCUT2D eigenvalue weighted by atomic mass is 10.1. The third kappa shape index (κ3) is 8.38. The minimum absolute atomic E-state index is 0.0435. The molecule has 0 aliphatic rings. The first-order valence-corrected chi connectivity index (χ1v) is 15.6. The maximum Gasteiger partial charge on any atom is 0.264 e. The molecule has 41 heavy (non-hydrogen) atoms. The third-order valence-corrected chi connectivity index (χ3v) is 8.59. The Hall–Kier alpha value is -3.27. The molecule has 0 unspecified atom stereocenters. The van der Waals surface area contributed by atoms with E-state index in [1.807, 2.05) is 13.8 Å². The van der Waals surface area contributed by atoms with Gasteiger partial charge in [-0.3, -0.25) is 13.9 Å². The lowest BCUT2D eigenvalue weighted by Gasteiger charge is -2.33. The predicted octanol–water partition coefficient (Wildman–Crippen LogP) is 5.92. The van der Waals surface area contributed by atoms with Gasteiger partial charge >= 0.3 is 0 Å². The minimum atomic E-state index is -4.26. The molecule has 3 rings (SSSR count). The van der Waals surface area contributed by atoms with Crippen LogP contribution in [0, 0.1) is 0 Å². The number of anilines is 1. The van der Waals surface area contributed by atoms with Crippen molar-refractivity contribution in [3.63, 3.8) is 0 Å². The average Bonchev–Trinajstić information content (AvgIpc) is 2.96. The molecule has 0 saturated heterocycles. The third-order valence-electron chi connectivity index (χ3n) is 6.32. The maximum absolute atomic E-state index is 14.1. The van der Waals surface area contributed by atoms with Crippen molar-refractivity contribution < 1.29 is 22.7 Å². The number of ether oxygens (including phenoxy) is 1. The molecule has 2 amide bonds. The number of benzene rings is 3. The molecule has 0 aliphatic heterocycles. The molecule has 0 radical (unpaired) electrons. The van der Waals surface area contributed by atoms with Crippen LogP contribution < -0.4 is 14.4 Å². The SMILES string of the molecule is CCCNC(=O)[C@@H](CC)N(Cc1ccc(Cl)cc1)C(=O)CN(c1ccccc1OCC)S(=O)(=O)c1ccc(Cl)cc1. The number of halogens is 2. The highest BCUT2D eigenvalue weighted by Gasteiger charge is 2.34. The first-order chi connectivity index (χ1) is 19.6. The molecule has 0 aromatic heterocycles. The quantitative estimate of drug-likeness (QED) is 0.242. The van der Waals surface area contributed by atoms with Crippen molar-refractivity contribution >= 4 is 50.7 Å². The topological polar surface area (TPSA) is 96.0 Å². The lowest BCUT2D eigenvalue weighted by molar-refractivity contribution is -0.140. The summed E-state index contributed by atoms with van der Waals surface area (Å²) >= 11 is 12.1. The van der Waals surface area contributed by atoms with Gasteiger partial charge in [-0.1, -0.05) is 61.3 Å². The van der Waals surface area contributed by atoms with Gasteiger partial charge in [-0.15, -0.1) is 0 Å².